The van der Waals surface area contributed by atoms with Crippen LogP contribution in [0.4, 0.5) is 0 Å². The summed E-state index contributed by atoms with van der Waals surface area (Å²) in [5.41, 5.74) is 8.33. The van der Waals surface area contributed by atoms with Gasteiger partial charge in [0.1, 0.15) is 0 Å². The average molecular weight is 239 g/mol. The third kappa shape index (κ3) is 2.04. The lowest BCUT2D eigenvalue weighted by atomic mass is 10.0. The molecule has 0 aliphatic heterocycles. The van der Waals surface area contributed by atoms with E-state index in [1.807, 2.05) is 30.6 Å². The van der Waals surface area contributed by atoms with Gasteiger partial charge in [0.05, 0.1) is 11.1 Å². The van der Waals surface area contributed by atoms with E-state index in [2.05, 4.69) is 4.98 Å². The second-order valence-corrected chi connectivity index (χ2v) is 4.70. The summed E-state index contributed by atoms with van der Waals surface area (Å²) in [6.07, 6.45) is 3.57. The van der Waals surface area contributed by atoms with Crippen LogP contribution in [0.2, 0.25) is 5.02 Å². The predicted octanol–water partition coefficient (Wildman–Crippen LogP) is 3.15. The molecule has 2 aromatic heterocycles. The second-order valence-electron chi connectivity index (χ2n) is 3.34. The lowest BCUT2D eigenvalue weighted by molar-refractivity contribution is 0.877. The molecule has 1 atom stereocenters. The number of nitrogens with zero attached hydrogens (tertiary/aromatic N) is 1. The highest BCUT2D eigenvalue weighted by Crippen LogP contribution is 2.31. The molecule has 0 aromatic carbocycles. The minimum Gasteiger partial charge on any atom is -0.320 e. The topological polar surface area (TPSA) is 38.9 Å². The van der Waals surface area contributed by atoms with Crippen LogP contribution in [-0.4, -0.2) is 4.98 Å². The van der Waals surface area contributed by atoms with E-state index in [4.69, 9.17) is 17.3 Å². The normalized spacial score (nSPS) is 12.7. The van der Waals surface area contributed by atoms with Gasteiger partial charge in [0.15, 0.2) is 0 Å². The molecule has 0 spiro atoms. The summed E-state index contributed by atoms with van der Waals surface area (Å²) >= 11 is 7.64. The first-order chi connectivity index (χ1) is 7.20. The number of nitrogens with two attached hydrogens (primary N) is 1. The summed E-state index contributed by atoms with van der Waals surface area (Å²) in [5, 5.41) is 2.69. The van der Waals surface area contributed by atoms with Crippen LogP contribution in [0, 0.1) is 6.92 Å². The van der Waals surface area contributed by atoms with Crippen LogP contribution in [0.3, 0.4) is 0 Å². The molecule has 0 fully saturated rings. The highest BCUT2D eigenvalue weighted by Gasteiger charge is 2.15. The van der Waals surface area contributed by atoms with Crippen molar-refractivity contribution in [1.82, 2.24) is 4.98 Å². The Balaban J connectivity index is 2.41. The highest BCUT2D eigenvalue weighted by molar-refractivity contribution is 7.10. The number of hydrogen-bond donors (Lipinski definition) is 1. The molecule has 2 aromatic rings. The zero-order valence-corrected chi connectivity index (χ0v) is 9.85. The van der Waals surface area contributed by atoms with E-state index in [1.165, 1.54) is 0 Å². The molecule has 2 rings (SSSR count). The molecule has 0 radical (unpaired) electrons. The van der Waals surface area contributed by atoms with Crippen molar-refractivity contribution >= 4 is 22.9 Å². The number of hydrogen-bond acceptors (Lipinski definition) is 3. The molecular formula is C11H11ClN2S. The van der Waals surface area contributed by atoms with Crippen molar-refractivity contribution in [2.24, 2.45) is 5.73 Å². The monoisotopic (exact) mass is 238 g/mol. The average Bonchev–Trinajstić information content (AvgIpc) is 2.64. The number of aromatic nitrogens is 1. The minimum absolute atomic E-state index is 0.152. The molecule has 0 saturated carbocycles. The summed E-state index contributed by atoms with van der Waals surface area (Å²) in [7, 11) is 0. The second kappa shape index (κ2) is 4.31. The van der Waals surface area contributed by atoms with Gasteiger partial charge in [-0.15, -0.1) is 11.3 Å². The fourth-order valence-electron chi connectivity index (χ4n) is 1.50. The van der Waals surface area contributed by atoms with Gasteiger partial charge < -0.3 is 5.73 Å². The molecule has 0 bridgehead atoms. The van der Waals surface area contributed by atoms with Gasteiger partial charge in [-0.05, 0) is 35.6 Å². The number of aryl methyl sites for hydroxylation is 1. The Bertz CT molecular complexity index is 467. The number of halogens is 1. The largest absolute Gasteiger partial charge is 0.320 e. The van der Waals surface area contributed by atoms with Crippen LogP contribution in [0.15, 0.2) is 29.9 Å². The standard InChI is InChI=1S/C11H11ClN2S/c1-7-6-14-4-2-8(7)10(13)11-9(12)3-5-15-11/h2-6,10H,13H2,1H3. The van der Waals surface area contributed by atoms with E-state index < -0.39 is 0 Å². The van der Waals surface area contributed by atoms with Crippen molar-refractivity contribution in [2.45, 2.75) is 13.0 Å². The van der Waals surface area contributed by atoms with Crippen LogP contribution in [0.1, 0.15) is 22.0 Å². The smallest absolute Gasteiger partial charge is 0.0664 e. The Morgan fingerprint density at radius 1 is 1.47 bits per heavy atom. The Kier molecular flexibility index (Phi) is 3.05. The molecule has 1 unspecified atom stereocenters. The third-order valence-electron chi connectivity index (χ3n) is 2.33. The Morgan fingerprint density at radius 2 is 2.27 bits per heavy atom. The van der Waals surface area contributed by atoms with Crippen molar-refractivity contribution < 1.29 is 0 Å². The molecule has 0 saturated heterocycles. The Labute approximate surface area is 97.7 Å². The fourth-order valence-corrected chi connectivity index (χ4v) is 2.70. The first-order valence-corrected chi connectivity index (χ1v) is 5.85. The molecular weight excluding hydrogens is 228 g/mol. The van der Waals surface area contributed by atoms with Gasteiger partial charge >= 0.3 is 0 Å². The molecule has 15 heavy (non-hydrogen) atoms. The first kappa shape index (κ1) is 10.6. The molecule has 0 aliphatic carbocycles. The molecule has 78 valence electrons. The summed E-state index contributed by atoms with van der Waals surface area (Å²) in [6, 6.07) is 3.66. The maximum atomic E-state index is 6.16. The summed E-state index contributed by atoms with van der Waals surface area (Å²) in [4.78, 5) is 5.05. The maximum Gasteiger partial charge on any atom is 0.0664 e. The van der Waals surface area contributed by atoms with E-state index in [0.29, 0.717) is 0 Å². The maximum absolute atomic E-state index is 6.16. The molecule has 2 nitrogen and oxygen atoms in total. The zero-order valence-electron chi connectivity index (χ0n) is 8.27. The van der Waals surface area contributed by atoms with E-state index in [1.54, 1.807) is 17.5 Å². The Morgan fingerprint density at radius 3 is 2.87 bits per heavy atom. The van der Waals surface area contributed by atoms with Gasteiger partial charge in [0.2, 0.25) is 0 Å². The highest BCUT2D eigenvalue weighted by atomic mass is 35.5. The summed E-state index contributed by atoms with van der Waals surface area (Å²) in [5.74, 6) is 0. The predicted molar refractivity (Wildman–Crippen MR) is 64.3 cm³/mol. The summed E-state index contributed by atoms with van der Waals surface area (Å²) < 4.78 is 0. The quantitative estimate of drug-likeness (QED) is 0.873. The van der Waals surface area contributed by atoms with Gasteiger partial charge in [-0.3, -0.25) is 4.98 Å². The van der Waals surface area contributed by atoms with Crippen LogP contribution in [0.5, 0.6) is 0 Å². The van der Waals surface area contributed by atoms with Crippen molar-refractivity contribution in [3.8, 4) is 0 Å². The van der Waals surface area contributed by atoms with Crippen molar-refractivity contribution in [2.75, 3.05) is 0 Å². The lowest BCUT2D eigenvalue weighted by Gasteiger charge is -2.13. The van der Waals surface area contributed by atoms with E-state index >= 15 is 0 Å². The third-order valence-corrected chi connectivity index (χ3v) is 3.77. The van der Waals surface area contributed by atoms with E-state index in [9.17, 15) is 0 Å². The van der Waals surface area contributed by atoms with E-state index in [-0.39, 0.29) is 6.04 Å². The van der Waals surface area contributed by atoms with Crippen LogP contribution in [0.25, 0.3) is 0 Å². The minimum atomic E-state index is -0.152. The summed E-state index contributed by atoms with van der Waals surface area (Å²) in [6.45, 7) is 2.00. The van der Waals surface area contributed by atoms with Crippen molar-refractivity contribution in [3.05, 3.63) is 50.9 Å². The van der Waals surface area contributed by atoms with Gasteiger partial charge in [-0.1, -0.05) is 11.6 Å². The SMILES string of the molecule is Cc1cnccc1C(N)c1sccc1Cl. The molecule has 0 amide bonds. The molecule has 4 heteroatoms. The van der Waals surface area contributed by atoms with Crippen LogP contribution < -0.4 is 5.73 Å². The van der Waals surface area contributed by atoms with Crippen LogP contribution in [-0.2, 0) is 0 Å². The van der Waals surface area contributed by atoms with Gasteiger partial charge in [0.25, 0.3) is 0 Å². The molecule has 0 aliphatic rings. The number of pyridine rings is 1. The van der Waals surface area contributed by atoms with Crippen LogP contribution >= 0.6 is 22.9 Å². The molecule has 2 N–H and O–H groups in total. The van der Waals surface area contributed by atoms with Gasteiger partial charge in [-0.25, -0.2) is 0 Å². The fraction of sp³-hybridized carbons (Fsp3) is 0.182. The van der Waals surface area contributed by atoms with Crippen molar-refractivity contribution in [1.29, 1.82) is 0 Å². The first-order valence-electron chi connectivity index (χ1n) is 4.59. The molecule has 2 heterocycles. The van der Waals surface area contributed by atoms with Crippen molar-refractivity contribution in [3.63, 3.8) is 0 Å². The number of rotatable bonds is 2. The van der Waals surface area contributed by atoms with Gasteiger partial charge in [-0.2, -0.15) is 0 Å². The Hall–Kier alpha value is -0.900. The van der Waals surface area contributed by atoms with E-state index in [0.717, 1.165) is 21.0 Å². The number of thiophene rings is 1. The van der Waals surface area contributed by atoms with Gasteiger partial charge in [0, 0.05) is 17.3 Å². The lowest BCUT2D eigenvalue weighted by Crippen LogP contribution is -2.12. The zero-order chi connectivity index (χ0) is 10.8.